The fourth-order valence-corrected chi connectivity index (χ4v) is 4.47. The summed E-state index contributed by atoms with van der Waals surface area (Å²) < 4.78 is 10.9. The number of carbonyl (C=O) groups excluding carboxylic acids is 1. The van der Waals surface area contributed by atoms with Crippen LogP contribution in [-0.2, 0) is 4.74 Å². The van der Waals surface area contributed by atoms with E-state index in [0.717, 1.165) is 61.7 Å². The molecule has 0 atom stereocenters. The lowest BCUT2D eigenvalue weighted by Crippen LogP contribution is -2.33. The highest BCUT2D eigenvalue weighted by Gasteiger charge is 2.24. The van der Waals surface area contributed by atoms with Crippen molar-refractivity contribution in [2.45, 2.75) is 44.4 Å². The standard InChI is InChI=1S/C24H31N3O3/c1-29-22-9-5-4-8-21(22)27-23-14-19(18-6-2-3-7-18)20(16-25-23)24(28)26-15-17-10-12-30-13-11-17/h4-5,8-9,14,16-18H,2-3,6-7,10-13,15H2,1H3,(H,25,27)(H,26,28). The van der Waals surface area contributed by atoms with Crippen LogP contribution in [0.3, 0.4) is 0 Å². The average molecular weight is 410 g/mol. The van der Waals surface area contributed by atoms with Gasteiger partial charge in [-0.1, -0.05) is 25.0 Å². The Balaban J connectivity index is 1.53. The molecule has 2 aliphatic rings. The lowest BCUT2D eigenvalue weighted by atomic mass is 9.93. The van der Waals surface area contributed by atoms with Gasteiger partial charge in [-0.05, 0) is 61.3 Å². The van der Waals surface area contributed by atoms with Gasteiger partial charge in [-0.25, -0.2) is 4.98 Å². The first-order valence-corrected chi connectivity index (χ1v) is 11.0. The maximum atomic E-state index is 13.0. The molecule has 1 aromatic carbocycles. The predicted octanol–water partition coefficient (Wildman–Crippen LogP) is 4.65. The minimum atomic E-state index is -0.0141. The number of nitrogens with zero attached hydrogens (tertiary/aromatic N) is 1. The average Bonchev–Trinajstić information content (AvgIpc) is 3.33. The normalized spacial score (nSPS) is 17.6. The predicted molar refractivity (Wildman–Crippen MR) is 118 cm³/mol. The summed E-state index contributed by atoms with van der Waals surface area (Å²) in [5.41, 5.74) is 2.67. The van der Waals surface area contributed by atoms with Crippen molar-refractivity contribution in [1.82, 2.24) is 10.3 Å². The minimum Gasteiger partial charge on any atom is -0.495 e. The van der Waals surface area contributed by atoms with Gasteiger partial charge in [0.1, 0.15) is 11.6 Å². The molecule has 2 aromatic rings. The summed E-state index contributed by atoms with van der Waals surface area (Å²) in [5, 5.41) is 6.50. The molecular weight excluding hydrogens is 378 g/mol. The summed E-state index contributed by atoms with van der Waals surface area (Å²) in [5.74, 6) is 2.40. The zero-order valence-corrected chi connectivity index (χ0v) is 17.7. The van der Waals surface area contributed by atoms with E-state index in [0.29, 0.717) is 23.9 Å². The van der Waals surface area contributed by atoms with E-state index in [-0.39, 0.29) is 5.91 Å². The SMILES string of the molecule is COc1ccccc1Nc1cc(C2CCCC2)c(C(=O)NCC2CCOCC2)cn1. The summed E-state index contributed by atoms with van der Waals surface area (Å²) in [6.45, 7) is 2.28. The number of pyridine rings is 1. The Bertz CT molecular complexity index is 859. The summed E-state index contributed by atoms with van der Waals surface area (Å²) in [4.78, 5) is 17.6. The molecule has 1 aliphatic heterocycles. The van der Waals surface area contributed by atoms with Gasteiger partial charge in [0.15, 0.2) is 0 Å². The minimum absolute atomic E-state index is 0.0141. The van der Waals surface area contributed by atoms with Crippen LogP contribution >= 0.6 is 0 Å². The van der Waals surface area contributed by atoms with Crippen molar-refractivity contribution in [3.63, 3.8) is 0 Å². The van der Waals surface area contributed by atoms with E-state index < -0.39 is 0 Å². The number of amides is 1. The van der Waals surface area contributed by atoms with E-state index in [1.54, 1.807) is 13.3 Å². The number of rotatable bonds is 7. The van der Waals surface area contributed by atoms with Crippen LogP contribution in [0.5, 0.6) is 5.75 Å². The molecule has 1 saturated heterocycles. The molecule has 1 aromatic heterocycles. The van der Waals surface area contributed by atoms with Crippen molar-refractivity contribution < 1.29 is 14.3 Å². The number of ether oxygens (including phenoxy) is 2. The van der Waals surface area contributed by atoms with E-state index >= 15 is 0 Å². The Morgan fingerprint density at radius 3 is 2.70 bits per heavy atom. The van der Waals surface area contributed by atoms with Gasteiger partial charge < -0.3 is 20.1 Å². The molecule has 2 fully saturated rings. The molecule has 0 radical (unpaired) electrons. The molecule has 1 saturated carbocycles. The van der Waals surface area contributed by atoms with E-state index in [2.05, 4.69) is 15.6 Å². The van der Waals surface area contributed by atoms with Gasteiger partial charge in [-0.3, -0.25) is 4.79 Å². The fourth-order valence-electron chi connectivity index (χ4n) is 4.47. The van der Waals surface area contributed by atoms with Gasteiger partial charge in [0.2, 0.25) is 0 Å². The van der Waals surface area contributed by atoms with Gasteiger partial charge in [0.25, 0.3) is 5.91 Å². The van der Waals surface area contributed by atoms with Crippen molar-refractivity contribution in [1.29, 1.82) is 0 Å². The van der Waals surface area contributed by atoms with Crippen LogP contribution in [0.25, 0.3) is 0 Å². The molecule has 0 unspecified atom stereocenters. The van der Waals surface area contributed by atoms with Gasteiger partial charge in [-0.15, -0.1) is 0 Å². The molecule has 1 aliphatic carbocycles. The molecule has 0 spiro atoms. The third kappa shape index (κ3) is 4.93. The van der Waals surface area contributed by atoms with Crippen LogP contribution in [-0.4, -0.2) is 37.8 Å². The number of hydrogen-bond donors (Lipinski definition) is 2. The van der Waals surface area contributed by atoms with Gasteiger partial charge in [0.05, 0.1) is 18.4 Å². The smallest absolute Gasteiger partial charge is 0.253 e. The number of nitrogens with one attached hydrogen (secondary N) is 2. The monoisotopic (exact) mass is 409 g/mol. The Kier molecular flexibility index (Phi) is 6.84. The van der Waals surface area contributed by atoms with Gasteiger partial charge >= 0.3 is 0 Å². The Morgan fingerprint density at radius 1 is 1.17 bits per heavy atom. The Morgan fingerprint density at radius 2 is 1.93 bits per heavy atom. The van der Waals surface area contributed by atoms with Crippen molar-refractivity contribution in [2.24, 2.45) is 5.92 Å². The van der Waals surface area contributed by atoms with E-state index in [1.807, 2.05) is 30.3 Å². The highest BCUT2D eigenvalue weighted by molar-refractivity contribution is 5.96. The highest BCUT2D eigenvalue weighted by Crippen LogP contribution is 2.37. The van der Waals surface area contributed by atoms with Crippen LogP contribution in [0.2, 0.25) is 0 Å². The molecular formula is C24H31N3O3. The van der Waals surface area contributed by atoms with E-state index in [1.165, 1.54) is 12.8 Å². The topological polar surface area (TPSA) is 72.5 Å². The first kappa shape index (κ1) is 20.7. The molecule has 6 heteroatoms. The molecule has 6 nitrogen and oxygen atoms in total. The third-order valence-electron chi connectivity index (χ3n) is 6.24. The van der Waals surface area contributed by atoms with E-state index in [9.17, 15) is 4.79 Å². The van der Waals surface area contributed by atoms with Crippen molar-refractivity contribution in [3.05, 3.63) is 47.7 Å². The van der Waals surface area contributed by atoms with Crippen molar-refractivity contribution >= 4 is 17.4 Å². The second-order valence-corrected chi connectivity index (χ2v) is 8.23. The third-order valence-corrected chi connectivity index (χ3v) is 6.24. The Hall–Kier alpha value is -2.60. The number of carbonyl (C=O) groups is 1. The van der Waals surface area contributed by atoms with Crippen molar-refractivity contribution in [3.8, 4) is 5.75 Å². The lowest BCUT2D eigenvalue weighted by Gasteiger charge is -2.23. The molecule has 30 heavy (non-hydrogen) atoms. The fraction of sp³-hybridized carbons (Fsp3) is 0.500. The first-order valence-electron chi connectivity index (χ1n) is 11.0. The Labute approximate surface area is 178 Å². The number of methoxy groups -OCH3 is 1. The van der Waals surface area contributed by atoms with Crippen LogP contribution in [0, 0.1) is 5.92 Å². The van der Waals surface area contributed by atoms with Gasteiger partial charge in [-0.2, -0.15) is 0 Å². The summed E-state index contributed by atoms with van der Waals surface area (Å²) in [6, 6.07) is 9.82. The molecule has 0 bridgehead atoms. The zero-order valence-electron chi connectivity index (χ0n) is 17.7. The van der Waals surface area contributed by atoms with Crippen molar-refractivity contribution in [2.75, 3.05) is 32.2 Å². The van der Waals surface area contributed by atoms with Gasteiger partial charge in [0, 0.05) is 26.0 Å². The maximum absolute atomic E-state index is 13.0. The molecule has 4 rings (SSSR count). The second kappa shape index (κ2) is 9.94. The molecule has 2 heterocycles. The molecule has 2 N–H and O–H groups in total. The molecule has 1 amide bonds. The molecule has 160 valence electrons. The van der Waals surface area contributed by atoms with Crippen LogP contribution in [0.1, 0.15) is 60.4 Å². The van der Waals surface area contributed by atoms with E-state index in [4.69, 9.17) is 9.47 Å². The lowest BCUT2D eigenvalue weighted by molar-refractivity contribution is 0.0642. The number of benzene rings is 1. The summed E-state index contributed by atoms with van der Waals surface area (Å²) >= 11 is 0. The number of hydrogen-bond acceptors (Lipinski definition) is 5. The number of para-hydroxylation sites is 2. The largest absolute Gasteiger partial charge is 0.495 e. The first-order chi connectivity index (χ1) is 14.7. The number of anilines is 2. The van der Waals surface area contributed by atoms with Crippen LogP contribution < -0.4 is 15.4 Å². The summed E-state index contributed by atoms with van der Waals surface area (Å²) in [6.07, 6.45) is 8.42. The summed E-state index contributed by atoms with van der Waals surface area (Å²) in [7, 11) is 1.66. The van der Waals surface area contributed by atoms with Crippen LogP contribution in [0.4, 0.5) is 11.5 Å². The zero-order chi connectivity index (χ0) is 20.8. The number of aromatic nitrogens is 1. The quantitative estimate of drug-likeness (QED) is 0.697. The van der Waals surface area contributed by atoms with Crippen LogP contribution in [0.15, 0.2) is 36.5 Å². The maximum Gasteiger partial charge on any atom is 0.253 e. The highest BCUT2D eigenvalue weighted by atomic mass is 16.5. The second-order valence-electron chi connectivity index (χ2n) is 8.23.